The Morgan fingerprint density at radius 1 is 1.15 bits per heavy atom. The third kappa shape index (κ3) is 5.94. The number of carbonyl (C=O) groups excluding carboxylic acids is 1. The van der Waals surface area contributed by atoms with Gasteiger partial charge in [0.1, 0.15) is 18.2 Å². The number of anilines is 1. The summed E-state index contributed by atoms with van der Waals surface area (Å²) in [5.74, 6) is 2.20. The molecule has 0 unspecified atom stereocenters. The van der Waals surface area contributed by atoms with Crippen LogP contribution in [-0.2, 0) is 11.2 Å². The number of benzene rings is 1. The summed E-state index contributed by atoms with van der Waals surface area (Å²) in [4.78, 5) is 23.2. The molecule has 0 spiro atoms. The second kappa shape index (κ2) is 9.35. The number of hydrogen-bond donors (Lipinski definition) is 1. The summed E-state index contributed by atoms with van der Waals surface area (Å²) >= 11 is 0. The van der Waals surface area contributed by atoms with Crippen LogP contribution in [-0.4, -0.2) is 42.1 Å². The molecule has 2 aromatic rings. The Morgan fingerprint density at radius 3 is 2.74 bits per heavy atom. The van der Waals surface area contributed by atoms with Gasteiger partial charge in [0.25, 0.3) is 0 Å². The van der Waals surface area contributed by atoms with Crippen molar-refractivity contribution in [2.45, 2.75) is 39.5 Å². The van der Waals surface area contributed by atoms with Crippen molar-refractivity contribution in [3.8, 4) is 5.88 Å². The second-order valence-corrected chi connectivity index (χ2v) is 7.02. The van der Waals surface area contributed by atoms with Gasteiger partial charge in [-0.3, -0.25) is 4.79 Å². The predicted octanol–water partition coefficient (Wildman–Crippen LogP) is 2.82. The van der Waals surface area contributed by atoms with Crippen molar-refractivity contribution in [2.75, 3.05) is 31.1 Å². The topological polar surface area (TPSA) is 67.3 Å². The number of piperidine rings is 1. The zero-order valence-corrected chi connectivity index (χ0v) is 16.2. The SMILES string of the molecule is Cc1cccc(CC(=O)NCCOc2cc(N3CCCCC3)nc(C)n2)c1. The number of hydrogen-bond acceptors (Lipinski definition) is 5. The highest BCUT2D eigenvalue weighted by Gasteiger charge is 2.14. The Bertz CT molecular complexity index is 773. The number of rotatable bonds is 7. The van der Waals surface area contributed by atoms with E-state index in [-0.39, 0.29) is 5.91 Å². The van der Waals surface area contributed by atoms with E-state index < -0.39 is 0 Å². The lowest BCUT2D eigenvalue weighted by molar-refractivity contribution is -0.120. The summed E-state index contributed by atoms with van der Waals surface area (Å²) in [6.07, 6.45) is 4.07. The van der Waals surface area contributed by atoms with E-state index in [4.69, 9.17) is 4.74 Å². The lowest BCUT2D eigenvalue weighted by Crippen LogP contribution is -2.31. The van der Waals surface area contributed by atoms with Crippen LogP contribution in [0.4, 0.5) is 5.82 Å². The minimum atomic E-state index is -0.00271. The molecule has 144 valence electrons. The summed E-state index contributed by atoms with van der Waals surface area (Å²) in [5, 5.41) is 2.90. The van der Waals surface area contributed by atoms with E-state index in [0.29, 0.717) is 31.3 Å². The fraction of sp³-hybridized carbons (Fsp3) is 0.476. The Kier molecular flexibility index (Phi) is 6.63. The van der Waals surface area contributed by atoms with Crippen LogP contribution in [0.15, 0.2) is 30.3 Å². The van der Waals surface area contributed by atoms with E-state index in [1.807, 2.05) is 44.2 Å². The molecule has 1 amide bonds. The van der Waals surface area contributed by atoms with Crippen LogP contribution in [0.2, 0.25) is 0 Å². The Morgan fingerprint density at radius 2 is 1.96 bits per heavy atom. The summed E-state index contributed by atoms with van der Waals surface area (Å²) in [6, 6.07) is 9.89. The lowest BCUT2D eigenvalue weighted by atomic mass is 10.1. The first kappa shape index (κ1) is 19.1. The molecule has 0 atom stereocenters. The number of ether oxygens (including phenoxy) is 1. The van der Waals surface area contributed by atoms with Crippen molar-refractivity contribution in [1.29, 1.82) is 0 Å². The van der Waals surface area contributed by atoms with Crippen LogP contribution >= 0.6 is 0 Å². The molecule has 1 N–H and O–H groups in total. The van der Waals surface area contributed by atoms with Crippen molar-refractivity contribution in [3.05, 3.63) is 47.3 Å². The zero-order valence-electron chi connectivity index (χ0n) is 16.2. The van der Waals surface area contributed by atoms with Gasteiger partial charge in [-0.1, -0.05) is 29.8 Å². The van der Waals surface area contributed by atoms with Gasteiger partial charge in [0.2, 0.25) is 11.8 Å². The van der Waals surface area contributed by atoms with Gasteiger partial charge in [0.15, 0.2) is 0 Å². The molecule has 0 saturated carbocycles. The normalized spacial score (nSPS) is 14.1. The van der Waals surface area contributed by atoms with Crippen LogP contribution in [0.25, 0.3) is 0 Å². The number of nitrogens with one attached hydrogen (secondary N) is 1. The molecule has 0 radical (unpaired) electrons. The Labute approximate surface area is 161 Å². The van der Waals surface area contributed by atoms with Crippen LogP contribution in [0.5, 0.6) is 5.88 Å². The maximum atomic E-state index is 12.1. The van der Waals surface area contributed by atoms with Crippen molar-refractivity contribution in [2.24, 2.45) is 0 Å². The monoisotopic (exact) mass is 368 g/mol. The summed E-state index contributed by atoms with van der Waals surface area (Å²) in [7, 11) is 0. The van der Waals surface area contributed by atoms with E-state index in [9.17, 15) is 4.79 Å². The van der Waals surface area contributed by atoms with E-state index in [1.165, 1.54) is 19.3 Å². The summed E-state index contributed by atoms with van der Waals surface area (Å²) in [5.41, 5.74) is 2.18. The molecule has 1 aliphatic rings. The maximum Gasteiger partial charge on any atom is 0.224 e. The first-order valence-corrected chi connectivity index (χ1v) is 9.66. The van der Waals surface area contributed by atoms with Crippen LogP contribution in [0.3, 0.4) is 0 Å². The molecule has 0 bridgehead atoms. The minimum absolute atomic E-state index is 0.00271. The number of carbonyl (C=O) groups is 1. The molecule has 6 heteroatoms. The number of aryl methyl sites for hydroxylation is 2. The van der Waals surface area contributed by atoms with Gasteiger partial charge in [-0.2, -0.15) is 4.98 Å². The largest absolute Gasteiger partial charge is 0.476 e. The average Bonchev–Trinajstić information content (AvgIpc) is 2.65. The Hall–Kier alpha value is -2.63. The van der Waals surface area contributed by atoms with E-state index in [0.717, 1.165) is 30.0 Å². The molecule has 27 heavy (non-hydrogen) atoms. The van der Waals surface area contributed by atoms with Gasteiger partial charge in [0.05, 0.1) is 13.0 Å². The summed E-state index contributed by atoms with van der Waals surface area (Å²) < 4.78 is 5.75. The van der Waals surface area contributed by atoms with Gasteiger partial charge in [0, 0.05) is 19.2 Å². The maximum absolute atomic E-state index is 12.1. The van der Waals surface area contributed by atoms with Crippen molar-refractivity contribution in [1.82, 2.24) is 15.3 Å². The fourth-order valence-electron chi connectivity index (χ4n) is 3.30. The molecule has 1 fully saturated rings. The van der Waals surface area contributed by atoms with Gasteiger partial charge < -0.3 is 15.0 Å². The molecular weight excluding hydrogens is 340 g/mol. The first-order valence-electron chi connectivity index (χ1n) is 9.66. The number of nitrogens with zero attached hydrogens (tertiary/aromatic N) is 3. The fourth-order valence-corrected chi connectivity index (χ4v) is 3.30. The van der Waals surface area contributed by atoms with Crippen molar-refractivity contribution >= 4 is 11.7 Å². The molecule has 3 rings (SSSR count). The number of aromatic nitrogens is 2. The number of amides is 1. The van der Waals surface area contributed by atoms with Gasteiger partial charge >= 0.3 is 0 Å². The Balaban J connectivity index is 1.46. The van der Waals surface area contributed by atoms with E-state index in [2.05, 4.69) is 20.2 Å². The van der Waals surface area contributed by atoms with Crippen LogP contribution in [0, 0.1) is 13.8 Å². The average molecular weight is 368 g/mol. The van der Waals surface area contributed by atoms with E-state index in [1.54, 1.807) is 0 Å². The smallest absolute Gasteiger partial charge is 0.224 e. The van der Waals surface area contributed by atoms with Gasteiger partial charge in [-0.15, -0.1) is 0 Å². The van der Waals surface area contributed by atoms with Crippen molar-refractivity contribution < 1.29 is 9.53 Å². The molecule has 1 saturated heterocycles. The standard InChI is InChI=1S/C21H28N4O2/c1-16-7-6-8-18(13-16)14-20(26)22-9-12-27-21-15-19(23-17(2)24-21)25-10-4-3-5-11-25/h6-8,13,15H,3-5,9-12,14H2,1-2H3,(H,22,26). The summed E-state index contributed by atoms with van der Waals surface area (Å²) in [6.45, 7) is 6.80. The third-order valence-corrected chi connectivity index (χ3v) is 4.60. The third-order valence-electron chi connectivity index (χ3n) is 4.60. The zero-order chi connectivity index (χ0) is 19.1. The second-order valence-electron chi connectivity index (χ2n) is 7.02. The molecule has 6 nitrogen and oxygen atoms in total. The molecule has 0 aliphatic carbocycles. The van der Waals surface area contributed by atoms with Crippen LogP contribution in [0.1, 0.15) is 36.2 Å². The van der Waals surface area contributed by atoms with Gasteiger partial charge in [-0.25, -0.2) is 4.98 Å². The van der Waals surface area contributed by atoms with Crippen LogP contribution < -0.4 is 15.0 Å². The molecule has 1 aromatic carbocycles. The molecule has 1 aromatic heterocycles. The van der Waals surface area contributed by atoms with E-state index >= 15 is 0 Å². The molecule has 2 heterocycles. The first-order chi connectivity index (χ1) is 13.1. The minimum Gasteiger partial charge on any atom is -0.476 e. The highest BCUT2D eigenvalue weighted by Crippen LogP contribution is 2.21. The quantitative estimate of drug-likeness (QED) is 0.761. The highest BCUT2D eigenvalue weighted by atomic mass is 16.5. The van der Waals surface area contributed by atoms with Gasteiger partial charge in [-0.05, 0) is 38.7 Å². The predicted molar refractivity (Wildman–Crippen MR) is 106 cm³/mol. The lowest BCUT2D eigenvalue weighted by Gasteiger charge is -2.28. The molecular formula is C21H28N4O2. The molecule has 1 aliphatic heterocycles. The highest BCUT2D eigenvalue weighted by molar-refractivity contribution is 5.78. The van der Waals surface area contributed by atoms with Crippen molar-refractivity contribution in [3.63, 3.8) is 0 Å².